The number of nitrogens with two attached hydrogens (primary N) is 1. The van der Waals surface area contributed by atoms with Gasteiger partial charge in [0.2, 0.25) is 0 Å². The van der Waals surface area contributed by atoms with Gasteiger partial charge >= 0.3 is 0 Å². The summed E-state index contributed by atoms with van der Waals surface area (Å²) in [5, 5.41) is 5.33. The van der Waals surface area contributed by atoms with Gasteiger partial charge in [-0.3, -0.25) is 4.40 Å². The minimum absolute atomic E-state index is 0.716. The molecule has 0 aliphatic carbocycles. The number of anilines is 1. The second kappa shape index (κ2) is 3.82. The van der Waals surface area contributed by atoms with Crippen LogP contribution in [0, 0.1) is 6.92 Å². The summed E-state index contributed by atoms with van der Waals surface area (Å²) in [6, 6.07) is 6.30. The summed E-state index contributed by atoms with van der Waals surface area (Å²) >= 11 is 3.41. The average molecular weight is 285 g/mol. The van der Waals surface area contributed by atoms with Crippen molar-refractivity contribution < 1.29 is 0 Å². The van der Waals surface area contributed by atoms with Crippen LogP contribution in [0.5, 0.6) is 0 Å². The molecule has 0 bridgehead atoms. The van der Waals surface area contributed by atoms with Gasteiger partial charge in [0.1, 0.15) is 17.2 Å². The number of thiophene rings is 2. The molecule has 0 amide bonds. The molecule has 0 saturated heterocycles. The molecule has 2 N–H and O–H groups in total. The number of imidazole rings is 1. The third kappa shape index (κ3) is 1.45. The van der Waals surface area contributed by atoms with Crippen molar-refractivity contribution in [3.05, 3.63) is 40.7 Å². The maximum Gasteiger partial charge on any atom is 0.147 e. The first-order valence-electron chi connectivity index (χ1n) is 5.94. The Hall–Kier alpha value is -1.85. The molecule has 3 nitrogen and oxygen atoms in total. The lowest BCUT2D eigenvalue weighted by molar-refractivity contribution is 1.21. The van der Waals surface area contributed by atoms with E-state index >= 15 is 0 Å². The van der Waals surface area contributed by atoms with E-state index in [1.807, 2.05) is 10.6 Å². The van der Waals surface area contributed by atoms with Crippen LogP contribution < -0.4 is 5.73 Å². The largest absolute Gasteiger partial charge is 0.383 e. The molecule has 0 unspecified atom stereocenters. The highest BCUT2D eigenvalue weighted by Crippen LogP contribution is 2.35. The van der Waals surface area contributed by atoms with Gasteiger partial charge in [-0.15, -0.1) is 22.7 Å². The number of nitrogen functional groups attached to an aromatic ring is 1. The molecule has 4 aromatic rings. The molecule has 0 radical (unpaired) electrons. The van der Waals surface area contributed by atoms with Gasteiger partial charge in [0, 0.05) is 16.3 Å². The van der Waals surface area contributed by atoms with Crippen molar-refractivity contribution in [1.29, 1.82) is 0 Å². The van der Waals surface area contributed by atoms with Gasteiger partial charge in [0.15, 0.2) is 0 Å². The first-order chi connectivity index (χ1) is 9.25. The maximum atomic E-state index is 6.27. The van der Waals surface area contributed by atoms with E-state index in [0.717, 1.165) is 16.2 Å². The summed E-state index contributed by atoms with van der Waals surface area (Å²) in [6.45, 7) is 2.09. The average Bonchev–Trinajstić information content (AvgIpc) is 3.08. The highest BCUT2D eigenvalue weighted by atomic mass is 32.1. The van der Waals surface area contributed by atoms with Gasteiger partial charge in [-0.1, -0.05) is 0 Å². The van der Waals surface area contributed by atoms with Crippen molar-refractivity contribution in [2.75, 3.05) is 5.73 Å². The van der Waals surface area contributed by atoms with Crippen LogP contribution in [0.15, 0.2) is 35.2 Å². The number of aromatic nitrogens is 2. The fourth-order valence-electron chi connectivity index (χ4n) is 2.35. The molecule has 0 spiro atoms. The number of fused-ring (bicyclic) bond motifs is 3. The van der Waals surface area contributed by atoms with E-state index in [-0.39, 0.29) is 0 Å². The monoisotopic (exact) mass is 285 g/mol. The molecular weight excluding hydrogens is 274 g/mol. The first-order valence-corrected chi connectivity index (χ1v) is 7.70. The molecule has 0 saturated carbocycles. The molecule has 0 aliphatic heterocycles. The first kappa shape index (κ1) is 11.0. The van der Waals surface area contributed by atoms with Gasteiger partial charge in [-0.05, 0) is 41.4 Å². The lowest BCUT2D eigenvalue weighted by Gasteiger charge is -1.98. The summed E-state index contributed by atoms with van der Waals surface area (Å²) in [6.07, 6.45) is 2.00. The topological polar surface area (TPSA) is 43.3 Å². The van der Waals surface area contributed by atoms with Crippen molar-refractivity contribution in [1.82, 2.24) is 9.38 Å². The van der Waals surface area contributed by atoms with Crippen LogP contribution in [0.1, 0.15) is 5.56 Å². The fraction of sp³-hybridized carbons (Fsp3) is 0.0714. The number of nitrogens with zero attached hydrogens (tertiary/aromatic N) is 2. The lowest BCUT2D eigenvalue weighted by atomic mass is 10.2. The van der Waals surface area contributed by atoms with Crippen LogP contribution in [-0.2, 0) is 0 Å². The van der Waals surface area contributed by atoms with E-state index in [9.17, 15) is 0 Å². The summed E-state index contributed by atoms with van der Waals surface area (Å²) in [7, 11) is 0. The van der Waals surface area contributed by atoms with E-state index in [4.69, 9.17) is 10.7 Å². The highest BCUT2D eigenvalue weighted by Gasteiger charge is 2.16. The van der Waals surface area contributed by atoms with Gasteiger partial charge in [0.25, 0.3) is 0 Å². The summed E-state index contributed by atoms with van der Waals surface area (Å²) < 4.78 is 3.22. The molecule has 0 aromatic carbocycles. The predicted molar refractivity (Wildman–Crippen MR) is 83.0 cm³/mol. The Morgan fingerprint density at radius 2 is 2.00 bits per heavy atom. The normalized spacial score (nSPS) is 11.6. The number of pyridine rings is 1. The smallest absolute Gasteiger partial charge is 0.147 e. The standard InChI is InChI=1S/C14H11N3S2/c1-8-3-6-19-12(8)11-13(15)17-5-2-10-9(4-7-18-10)14(17)16-11/h2-7H,15H2,1H3. The molecular formula is C14H11N3S2. The fourth-order valence-corrected chi connectivity index (χ4v) is 4.05. The van der Waals surface area contributed by atoms with Gasteiger partial charge in [-0.25, -0.2) is 4.98 Å². The van der Waals surface area contributed by atoms with E-state index in [1.54, 1.807) is 22.7 Å². The Morgan fingerprint density at radius 1 is 1.16 bits per heavy atom. The SMILES string of the molecule is Cc1ccsc1-c1nc2c3ccsc3ccn2c1N. The van der Waals surface area contributed by atoms with Crippen molar-refractivity contribution >= 4 is 44.2 Å². The number of aryl methyl sites for hydroxylation is 1. The Labute approximate surface area is 117 Å². The molecule has 94 valence electrons. The molecule has 5 heteroatoms. The molecule has 19 heavy (non-hydrogen) atoms. The van der Waals surface area contributed by atoms with Crippen molar-refractivity contribution in [2.45, 2.75) is 6.92 Å². The van der Waals surface area contributed by atoms with Crippen LogP contribution >= 0.6 is 22.7 Å². The zero-order valence-electron chi connectivity index (χ0n) is 10.3. The van der Waals surface area contributed by atoms with Crippen molar-refractivity contribution in [2.24, 2.45) is 0 Å². The zero-order valence-corrected chi connectivity index (χ0v) is 11.9. The summed E-state index contributed by atoms with van der Waals surface area (Å²) in [5.74, 6) is 0.716. The predicted octanol–water partition coefficient (Wildman–Crippen LogP) is 4.17. The molecule has 0 aliphatic rings. The van der Waals surface area contributed by atoms with E-state index in [1.165, 1.54) is 15.6 Å². The maximum absolute atomic E-state index is 6.27. The van der Waals surface area contributed by atoms with Crippen molar-refractivity contribution in [3.8, 4) is 10.6 Å². The Morgan fingerprint density at radius 3 is 2.79 bits per heavy atom. The van der Waals surface area contributed by atoms with Gasteiger partial charge < -0.3 is 5.73 Å². The lowest BCUT2D eigenvalue weighted by Crippen LogP contribution is -1.93. The van der Waals surface area contributed by atoms with Crippen LogP contribution in [0.3, 0.4) is 0 Å². The third-order valence-electron chi connectivity index (χ3n) is 3.34. The van der Waals surface area contributed by atoms with Crippen LogP contribution in [0.25, 0.3) is 26.3 Å². The molecule has 0 fully saturated rings. The molecule has 4 rings (SSSR count). The molecule has 4 heterocycles. The number of hydrogen-bond donors (Lipinski definition) is 1. The van der Waals surface area contributed by atoms with E-state index in [0.29, 0.717) is 5.82 Å². The highest BCUT2D eigenvalue weighted by molar-refractivity contribution is 7.17. The quantitative estimate of drug-likeness (QED) is 0.570. The second-order valence-corrected chi connectivity index (χ2v) is 6.35. The Kier molecular flexibility index (Phi) is 2.22. The number of rotatable bonds is 1. The minimum Gasteiger partial charge on any atom is -0.383 e. The Bertz CT molecular complexity index is 898. The Balaban J connectivity index is 2.13. The van der Waals surface area contributed by atoms with E-state index < -0.39 is 0 Å². The third-order valence-corrected chi connectivity index (χ3v) is 5.24. The molecule has 0 atom stereocenters. The molecule has 4 aromatic heterocycles. The van der Waals surface area contributed by atoms with Gasteiger partial charge in [0.05, 0.1) is 4.88 Å². The second-order valence-electron chi connectivity index (χ2n) is 4.49. The summed E-state index contributed by atoms with van der Waals surface area (Å²) in [4.78, 5) is 5.93. The van der Waals surface area contributed by atoms with Gasteiger partial charge in [-0.2, -0.15) is 0 Å². The van der Waals surface area contributed by atoms with E-state index in [2.05, 4.69) is 35.9 Å². The van der Waals surface area contributed by atoms with Crippen molar-refractivity contribution in [3.63, 3.8) is 0 Å². The number of hydrogen-bond acceptors (Lipinski definition) is 4. The minimum atomic E-state index is 0.716. The van der Waals surface area contributed by atoms with Crippen LogP contribution in [0.4, 0.5) is 5.82 Å². The zero-order chi connectivity index (χ0) is 13.0. The summed E-state index contributed by atoms with van der Waals surface area (Å²) in [5.41, 5.74) is 9.33. The van der Waals surface area contributed by atoms with Crippen LogP contribution in [0.2, 0.25) is 0 Å². The van der Waals surface area contributed by atoms with Crippen LogP contribution in [-0.4, -0.2) is 9.38 Å².